The number of hydrogen-bond acceptors (Lipinski definition) is 3. The van der Waals surface area contributed by atoms with Gasteiger partial charge in [0, 0.05) is 41.5 Å². The highest BCUT2D eigenvalue weighted by Gasteiger charge is 2.21. The molecule has 0 aromatic rings. The zero-order valence-corrected chi connectivity index (χ0v) is 10.1. The summed E-state index contributed by atoms with van der Waals surface area (Å²) in [5.41, 5.74) is 0. The van der Waals surface area contributed by atoms with Gasteiger partial charge in [-0.3, -0.25) is 4.21 Å². The van der Waals surface area contributed by atoms with E-state index < -0.39 is 10.8 Å². The van der Waals surface area contributed by atoms with Crippen LogP contribution in [-0.2, 0) is 15.5 Å². The van der Waals surface area contributed by atoms with Gasteiger partial charge < -0.3 is 10.1 Å². The van der Waals surface area contributed by atoms with Gasteiger partial charge in [-0.25, -0.2) is 0 Å². The van der Waals surface area contributed by atoms with Crippen molar-refractivity contribution < 1.29 is 8.95 Å². The minimum Gasteiger partial charge on any atom is -0.380 e. The number of rotatable bonds is 6. The van der Waals surface area contributed by atoms with Crippen molar-refractivity contribution in [3.63, 3.8) is 0 Å². The van der Waals surface area contributed by atoms with E-state index in [9.17, 15) is 4.21 Å². The molecular weight excluding hydrogens is 210 g/mol. The normalized spacial score (nSPS) is 31.7. The van der Waals surface area contributed by atoms with Crippen molar-refractivity contribution in [2.45, 2.75) is 31.7 Å². The summed E-state index contributed by atoms with van der Waals surface area (Å²) in [6.07, 6.45) is 4.86. The first-order valence-electron chi connectivity index (χ1n) is 6.00. The molecule has 0 aromatic carbocycles. The van der Waals surface area contributed by atoms with E-state index in [1.54, 1.807) is 0 Å². The van der Waals surface area contributed by atoms with Crippen LogP contribution >= 0.6 is 0 Å². The van der Waals surface area contributed by atoms with Crippen LogP contribution in [0.5, 0.6) is 0 Å². The Kier molecular flexibility index (Phi) is 4.60. The summed E-state index contributed by atoms with van der Waals surface area (Å²) >= 11 is 0. The molecule has 2 rings (SSSR count). The summed E-state index contributed by atoms with van der Waals surface area (Å²) in [5, 5.41) is 3.48. The molecule has 15 heavy (non-hydrogen) atoms. The van der Waals surface area contributed by atoms with Gasteiger partial charge in [-0.05, 0) is 31.6 Å². The van der Waals surface area contributed by atoms with Gasteiger partial charge in [-0.2, -0.15) is 0 Å². The molecule has 0 bridgehead atoms. The SMILES string of the molecule is O=S1CCC(NCCOCC2CC2)CC1. The van der Waals surface area contributed by atoms with Gasteiger partial charge in [0.15, 0.2) is 0 Å². The Bertz CT molecular complexity index is 209. The molecule has 1 saturated heterocycles. The quantitative estimate of drug-likeness (QED) is 0.691. The van der Waals surface area contributed by atoms with E-state index in [1.807, 2.05) is 0 Å². The molecule has 1 aliphatic carbocycles. The largest absolute Gasteiger partial charge is 0.380 e. The van der Waals surface area contributed by atoms with Crippen molar-refractivity contribution in [3.05, 3.63) is 0 Å². The fraction of sp³-hybridized carbons (Fsp3) is 1.00. The average Bonchev–Trinajstić information content (AvgIpc) is 3.04. The van der Waals surface area contributed by atoms with Crippen LogP contribution in [0.2, 0.25) is 0 Å². The molecule has 1 heterocycles. The van der Waals surface area contributed by atoms with E-state index in [2.05, 4.69) is 5.32 Å². The maximum atomic E-state index is 11.1. The van der Waals surface area contributed by atoms with E-state index >= 15 is 0 Å². The van der Waals surface area contributed by atoms with Crippen LogP contribution in [0.4, 0.5) is 0 Å². The van der Waals surface area contributed by atoms with E-state index in [-0.39, 0.29) is 0 Å². The molecule has 0 radical (unpaired) electrons. The molecule has 2 aliphatic rings. The van der Waals surface area contributed by atoms with Crippen molar-refractivity contribution in [2.75, 3.05) is 31.3 Å². The summed E-state index contributed by atoms with van der Waals surface area (Å²) in [7, 11) is -0.539. The summed E-state index contributed by atoms with van der Waals surface area (Å²) in [4.78, 5) is 0. The Hall–Kier alpha value is 0.0700. The zero-order chi connectivity index (χ0) is 10.5. The fourth-order valence-corrected chi connectivity index (χ4v) is 3.17. The van der Waals surface area contributed by atoms with Gasteiger partial charge in [0.25, 0.3) is 0 Å². The van der Waals surface area contributed by atoms with Crippen LogP contribution in [0.25, 0.3) is 0 Å². The van der Waals surface area contributed by atoms with Crippen molar-refractivity contribution in [2.24, 2.45) is 5.92 Å². The summed E-state index contributed by atoms with van der Waals surface area (Å²) < 4.78 is 16.7. The van der Waals surface area contributed by atoms with E-state index in [4.69, 9.17) is 4.74 Å². The van der Waals surface area contributed by atoms with Crippen LogP contribution < -0.4 is 5.32 Å². The number of nitrogens with one attached hydrogen (secondary N) is 1. The molecule has 2 fully saturated rings. The van der Waals surface area contributed by atoms with Gasteiger partial charge >= 0.3 is 0 Å². The Balaban J connectivity index is 1.44. The van der Waals surface area contributed by atoms with Gasteiger partial charge in [0.05, 0.1) is 6.61 Å². The zero-order valence-electron chi connectivity index (χ0n) is 9.24. The average molecular weight is 231 g/mol. The predicted molar refractivity (Wildman–Crippen MR) is 62.4 cm³/mol. The Morgan fingerprint density at radius 2 is 1.93 bits per heavy atom. The number of hydrogen-bond donors (Lipinski definition) is 1. The fourth-order valence-electron chi connectivity index (χ4n) is 1.87. The molecule has 0 atom stereocenters. The first kappa shape index (κ1) is 11.6. The molecule has 4 heteroatoms. The van der Waals surface area contributed by atoms with Gasteiger partial charge in [0.2, 0.25) is 0 Å². The second kappa shape index (κ2) is 5.97. The summed E-state index contributed by atoms with van der Waals surface area (Å²) in [5.74, 6) is 2.61. The standard InChI is InChI=1S/C11H21NO2S/c13-15-7-3-11(4-8-15)12-5-6-14-9-10-1-2-10/h10-12H,1-9H2. The maximum absolute atomic E-state index is 11.1. The molecular formula is C11H21NO2S. The predicted octanol–water partition coefficient (Wildman–Crippen LogP) is 0.914. The first-order valence-corrected chi connectivity index (χ1v) is 7.49. The Morgan fingerprint density at radius 1 is 1.20 bits per heavy atom. The van der Waals surface area contributed by atoms with Gasteiger partial charge in [0.1, 0.15) is 0 Å². The summed E-state index contributed by atoms with van der Waals surface area (Å²) in [6.45, 7) is 2.73. The third kappa shape index (κ3) is 4.62. The highest BCUT2D eigenvalue weighted by molar-refractivity contribution is 7.85. The maximum Gasteiger partial charge on any atom is 0.0591 e. The molecule has 1 aliphatic heterocycles. The van der Waals surface area contributed by atoms with E-state index in [0.29, 0.717) is 6.04 Å². The molecule has 88 valence electrons. The van der Waals surface area contributed by atoms with Crippen molar-refractivity contribution >= 4 is 10.8 Å². The Morgan fingerprint density at radius 3 is 2.60 bits per heavy atom. The highest BCUT2D eigenvalue weighted by atomic mass is 32.2. The van der Waals surface area contributed by atoms with E-state index in [0.717, 1.165) is 50.0 Å². The topological polar surface area (TPSA) is 38.3 Å². The lowest BCUT2D eigenvalue weighted by Crippen LogP contribution is -2.37. The molecule has 0 amide bonds. The van der Waals surface area contributed by atoms with Gasteiger partial charge in [-0.1, -0.05) is 0 Å². The third-order valence-electron chi connectivity index (χ3n) is 3.12. The van der Waals surface area contributed by atoms with Crippen molar-refractivity contribution in [1.29, 1.82) is 0 Å². The minimum absolute atomic E-state index is 0.539. The molecule has 1 saturated carbocycles. The Labute approximate surface area is 94.4 Å². The smallest absolute Gasteiger partial charge is 0.0591 e. The minimum atomic E-state index is -0.539. The van der Waals surface area contributed by atoms with Crippen LogP contribution in [0.1, 0.15) is 25.7 Å². The molecule has 0 unspecified atom stereocenters. The lowest BCUT2D eigenvalue weighted by atomic mass is 10.1. The lowest BCUT2D eigenvalue weighted by molar-refractivity contribution is 0.124. The monoisotopic (exact) mass is 231 g/mol. The summed E-state index contributed by atoms with van der Waals surface area (Å²) in [6, 6.07) is 0.576. The van der Waals surface area contributed by atoms with Crippen LogP contribution in [-0.4, -0.2) is 41.5 Å². The second-order valence-corrected chi connectivity index (χ2v) is 6.29. The van der Waals surface area contributed by atoms with Crippen LogP contribution in [0.3, 0.4) is 0 Å². The highest BCUT2D eigenvalue weighted by Crippen LogP contribution is 2.28. The van der Waals surface area contributed by atoms with Crippen LogP contribution in [0.15, 0.2) is 0 Å². The van der Waals surface area contributed by atoms with Gasteiger partial charge in [-0.15, -0.1) is 0 Å². The first-order chi connectivity index (χ1) is 7.34. The number of ether oxygens (including phenoxy) is 1. The molecule has 0 aromatic heterocycles. The molecule has 3 nitrogen and oxygen atoms in total. The van der Waals surface area contributed by atoms with Crippen LogP contribution in [0, 0.1) is 5.92 Å². The van der Waals surface area contributed by atoms with Crippen molar-refractivity contribution in [3.8, 4) is 0 Å². The van der Waals surface area contributed by atoms with E-state index in [1.165, 1.54) is 12.8 Å². The molecule has 1 N–H and O–H groups in total. The third-order valence-corrected chi connectivity index (χ3v) is 4.50. The van der Waals surface area contributed by atoms with Crippen molar-refractivity contribution in [1.82, 2.24) is 5.32 Å². The molecule has 0 spiro atoms. The second-order valence-electron chi connectivity index (χ2n) is 4.59. The lowest BCUT2D eigenvalue weighted by Gasteiger charge is -2.22.